The van der Waals surface area contributed by atoms with E-state index in [1.807, 2.05) is 0 Å². The van der Waals surface area contributed by atoms with Crippen LogP contribution in [0.2, 0.25) is 0 Å². The fourth-order valence-electron chi connectivity index (χ4n) is 4.20. The van der Waals surface area contributed by atoms with Gasteiger partial charge >= 0.3 is 0 Å². The van der Waals surface area contributed by atoms with E-state index in [0.29, 0.717) is 12.0 Å². The lowest BCUT2D eigenvalue weighted by atomic mass is 9.94. The molecule has 0 aromatic heterocycles. The first-order chi connectivity index (χ1) is 10.2. The smallest absolute Gasteiger partial charge is 0.0594 e. The highest BCUT2D eigenvalue weighted by atomic mass is 16.5. The molecule has 3 aliphatic rings. The van der Waals surface area contributed by atoms with Crippen molar-refractivity contribution in [1.82, 2.24) is 15.1 Å². The molecule has 0 saturated carbocycles. The number of nitrogens with one attached hydrogen (secondary N) is 1. The summed E-state index contributed by atoms with van der Waals surface area (Å²) in [6, 6.07) is 2.23. The van der Waals surface area contributed by atoms with Gasteiger partial charge in [-0.1, -0.05) is 13.8 Å². The Balaban J connectivity index is 1.49. The van der Waals surface area contributed by atoms with E-state index in [4.69, 9.17) is 4.74 Å². The fourth-order valence-corrected chi connectivity index (χ4v) is 4.20. The number of rotatable bonds is 5. The van der Waals surface area contributed by atoms with Gasteiger partial charge in [0.2, 0.25) is 0 Å². The Morgan fingerprint density at radius 1 is 1.10 bits per heavy atom. The maximum absolute atomic E-state index is 5.47. The van der Waals surface area contributed by atoms with Crippen LogP contribution in [0.5, 0.6) is 0 Å². The van der Waals surface area contributed by atoms with Crippen molar-refractivity contribution in [3.63, 3.8) is 0 Å². The third-order valence-electron chi connectivity index (χ3n) is 5.63. The van der Waals surface area contributed by atoms with E-state index in [1.165, 1.54) is 45.3 Å². The summed E-state index contributed by atoms with van der Waals surface area (Å²) in [6.07, 6.45) is 5.54. The Morgan fingerprint density at radius 2 is 1.90 bits per heavy atom. The van der Waals surface area contributed by atoms with E-state index >= 15 is 0 Å². The van der Waals surface area contributed by atoms with E-state index in [2.05, 4.69) is 29.0 Å². The zero-order valence-corrected chi connectivity index (χ0v) is 13.9. The second-order valence-electron chi connectivity index (χ2n) is 7.48. The highest BCUT2D eigenvalue weighted by Crippen LogP contribution is 2.27. The van der Waals surface area contributed by atoms with Gasteiger partial charge < -0.3 is 15.0 Å². The van der Waals surface area contributed by atoms with Crippen molar-refractivity contribution in [3.8, 4) is 0 Å². The molecular weight excluding hydrogens is 262 g/mol. The monoisotopic (exact) mass is 295 g/mol. The molecule has 3 fully saturated rings. The molecule has 0 aliphatic carbocycles. The average Bonchev–Trinajstić information content (AvgIpc) is 2.95. The van der Waals surface area contributed by atoms with Crippen molar-refractivity contribution in [3.05, 3.63) is 0 Å². The van der Waals surface area contributed by atoms with Crippen LogP contribution in [0.15, 0.2) is 0 Å². The highest BCUT2D eigenvalue weighted by Gasteiger charge is 2.33. The number of nitrogens with zero attached hydrogens (tertiary/aromatic N) is 2. The summed E-state index contributed by atoms with van der Waals surface area (Å²) in [5, 5.41) is 4.01. The normalized spacial score (nSPS) is 33.3. The molecule has 1 N–H and O–H groups in total. The number of piperidine rings is 1. The zero-order chi connectivity index (χ0) is 14.7. The van der Waals surface area contributed by atoms with Crippen LogP contribution in [-0.2, 0) is 4.74 Å². The number of morpholine rings is 1. The lowest BCUT2D eigenvalue weighted by Crippen LogP contribution is -2.54. The van der Waals surface area contributed by atoms with Gasteiger partial charge in [0.25, 0.3) is 0 Å². The number of hydrogen-bond donors (Lipinski definition) is 1. The molecule has 122 valence electrons. The Kier molecular flexibility index (Phi) is 5.54. The third-order valence-corrected chi connectivity index (χ3v) is 5.63. The molecule has 0 spiro atoms. The molecule has 0 radical (unpaired) electrons. The maximum Gasteiger partial charge on any atom is 0.0594 e. The number of ether oxygens (including phenoxy) is 1. The summed E-state index contributed by atoms with van der Waals surface area (Å²) in [5.41, 5.74) is 0. The van der Waals surface area contributed by atoms with Gasteiger partial charge in [-0.05, 0) is 44.7 Å². The molecule has 4 heteroatoms. The van der Waals surface area contributed by atoms with Crippen molar-refractivity contribution in [2.24, 2.45) is 5.92 Å². The second kappa shape index (κ2) is 7.40. The zero-order valence-electron chi connectivity index (χ0n) is 13.9. The lowest BCUT2D eigenvalue weighted by molar-refractivity contribution is 0.0289. The Hall–Kier alpha value is -0.160. The second-order valence-corrected chi connectivity index (χ2v) is 7.48. The van der Waals surface area contributed by atoms with Crippen molar-refractivity contribution in [1.29, 1.82) is 0 Å². The molecule has 3 atom stereocenters. The first-order valence-corrected chi connectivity index (χ1v) is 9.02. The molecular formula is C17H33N3O. The van der Waals surface area contributed by atoms with Gasteiger partial charge in [0.1, 0.15) is 0 Å². The van der Waals surface area contributed by atoms with Crippen LogP contribution in [-0.4, -0.2) is 73.9 Å². The Labute approximate surface area is 130 Å². The van der Waals surface area contributed by atoms with E-state index < -0.39 is 0 Å². The van der Waals surface area contributed by atoms with Crippen molar-refractivity contribution < 1.29 is 4.74 Å². The largest absolute Gasteiger partial charge is 0.379 e. The topological polar surface area (TPSA) is 27.7 Å². The average molecular weight is 295 g/mol. The van der Waals surface area contributed by atoms with Crippen molar-refractivity contribution >= 4 is 0 Å². The van der Waals surface area contributed by atoms with E-state index in [1.54, 1.807) is 0 Å². The van der Waals surface area contributed by atoms with Gasteiger partial charge in [-0.25, -0.2) is 0 Å². The fraction of sp³-hybridized carbons (Fsp3) is 1.00. The summed E-state index contributed by atoms with van der Waals surface area (Å²) >= 11 is 0. The van der Waals surface area contributed by atoms with Crippen LogP contribution in [0, 0.1) is 5.92 Å². The minimum absolute atomic E-state index is 0.626. The maximum atomic E-state index is 5.47. The lowest BCUT2D eigenvalue weighted by Gasteiger charge is -2.39. The first-order valence-electron chi connectivity index (χ1n) is 9.02. The van der Waals surface area contributed by atoms with Gasteiger partial charge in [-0.2, -0.15) is 0 Å². The van der Waals surface area contributed by atoms with Gasteiger partial charge in [0.05, 0.1) is 13.2 Å². The molecule has 3 heterocycles. The molecule has 0 aromatic rings. The first kappa shape index (κ1) is 15.7. The number of hydrogen-bond acceptors (Lipinski definition) is 4. The molecule has 0 aromatic carbocycles. The summed E-state index contributed by atoms with van der Waals surface area (Å²) in [5.74, 6) is 0.703. The van der Waals surface area contributed by atoms with E-state index in [0.717, 1.165) is 38.4 Å². The molecule has 0 bridgehead atoms. The van der Waals surface area contributed by atoms with Gasteiger partial charge in [-0.15, -0.1) is 0 Å². The molecule has 21 heavy (non-hydrogen) atoms. The Bertz CT molecular complexity index is 317. The highest BCUT2D eigenvalue weighted by molar-refractivity contribution is 4.91. The number of fused-ring (bicyclic) bond motifs is 1. The van der Waals surface area contributed by atoms with E-state index in [9.17, 15) is 0 Å². The molecule has 4 nitrogen and oxygen atoms in total. The SMILES string of the molecule is CC(C)[C@H](CN1CCOCC1)N[C@H]1CCN2CCC[C@@H]2C1. The van der Waals surface area contributed by atoms with Gasteiger partial charge in [0, 0.05) is 37.8 Å². The quantitative estimate of drug-likeness (QED) is 0.833. The standard InChI is InChI=1S/C17H33N3O/c1-14(2)17(13-19-8-10-21-11-9-19)18-15-5-7-20-6-3-4-16(20)12-15/h14-18H,3-13H2,1-2H3/t15-,16+,17-/m0/s1. The van der Waals surface area contributed by atoms with Crippen molar-refractivity contribution in [2.45, 2.75) is 57.7 Å². The van der Waals surface area contributed by atoms with Crippen LogP contribution in [0.1, 0.15) is 39.5 Å². The third kappa shape index (κ3) is 4.19. The summed E-state index contributed by atoms with van der Waals surface area (Å²) in [4.78, 5) is 5.29. The van der Waals surface area contributed by atoms with Crippen LogP contribution >= 0.6 is 0 Å². The Morgan fingerprint density at radius 3 is 2.67 bits per heavy atom. The predicted octanol–water partition coefficient (Wildman–Crippen LogP) is 1.56. The van der Waals surface area contributed by atoms with Crippen LogP contribution in [0.25, 0.3) is 0 Å². The van der Waals surface area contributed by atoms with Gasteiger partial charge in [0.15, 0.2) is 0 Å². The summed E-state index contributed by atoms with van der Waals surface area (Å²) in [7, 11) is 0. The molecule has 0 amide bonds. The molecule has 3 saturated heterocycles. The predicted molar refractivity (Wildman–Crippen MR) is 86.6 cm³/mol. The van der Waals surface area contributed by atoms with Crippen LogP contribution in [0.4, 0.5) is 0 Å². The minimum atomic E-state index is 0.626. The minimum Gasteiger partial charge on any atom is -0.379 e. The summed E-state index contributed by atoms with van der Waals surface area (Å²) < 4.78 is 5.47. The van der Waals surface area contributed by atoms with Gasteiger partial charge in [-0.3, -0.25) is 4.90 Å². The molecule has 0 unspecified atom stereocenters. The van der Waals surface area contributed by atoms with Crippen LogP contribution < -0.4 is 5.32 Å². The van der Waals surface area contributed by atoms with Crippen molar-refractivity contribution in [2.75, 3.05) is 45.9 Å². The van der Waals surface area contributed by atoms with E-state index in [-0.39, 0.29) is 0 Å². The molecule has 3 aliphatic heterocycles. The van der Waals surface area contributed by atoms with Crippen LogP contribution in [0.3, 0.4) is 0 Å². The molecule has 3 rings (SSSR count). The summed E-state index contributed by atoms with van der Waals surface area (Å²) in [6.45, 7) is 12.6.